The maximum atomic E-state index is 11.9. The van der Waals surface area contributed by atoms with Crippen molar-refractivity contribution in [3.63, 3.8) is 0 Å². The summed E-state index contributed by atoms with van der Waals surface area (Å²) in [5.41, 5.74) is 2.96. The molecule has 0 saturated heterocycles. The molecule has 0 saturated carbocycles. The Morgan fingerprint density at radius 3 is 2.63 bits per heavy atom. The van der Waals surface area contributed by atoms with Crippen LogP contribution in [-0.4, -0.2) is 42.7 Å². The number of hydrogen-bond acceptors (Lipinski definition) is 7. The lowest BCUT2D eigenvalue weighted by molar-refractivity contribution is -0.123. The first kappa shape index (κ1) is 19.5. The van der Waals surface area contributed by atoms with Gasteiger partial charge in [-0.15, -0.1) is 10.2 Å². The number of ether oxygens (including phenoxy) is 4. The van der Waals surface area contributed by atoms with Gasteiger partial charge in [0.1, 0.15) is 12.4 Å². The third-order valence-corrected chi connectivity index (χ3v) is 4.38. The van der Waals surface area contributed by atoms with E-state index in [-0.39, 0.29) is 25.9 Å². The molecule has 1 aliphatic rings. The Labute approximate surface area is 173 Å². The Morgan fingerprint density at radius 2 is 1.83 bits per heavy atom. The Hall–Kier alpha value is -3.81. The highest BCUT2D eigenvalue weighted by Gasteiger charge is 2.14. The molecular formula is C22H21N3O5. The molecule has 1 aromatic heterocycles. The molecule has 4 rings (SSSR count). The summed E-state index contributed by atoms with van der Waals surface area (Å²) in [5, 5.41) is 11.0. The van der Waals surface area contributed by atoms with Gasteiger partial charge in [-0.25, -0.2) is 0 Å². The Bertz CT molecular complexity index is 1010. The molecule has 0 radical (unpaired) electrons. The first-order chi connectivity index (χ1) is 14.7. The third kappa shape index (κ3) is 4.96. The summed E-state index contributed by atoms with van der Waals surface area (Å²) >= 11 is 0. The lowest BCUT2D eigenvalue weighted by atomic mass is 10.1. The highest BCUT2D eigenvalue weighted by atomic mass is 16.7. The van der Waals surface area contributed by atoms with Crippen LogP contribution in [0.4, 0.5) is 0 Å². The van der Waals surface area contributed by atoms with Crippen LogP contribution < -0.4 is 24.3 Å². The fourth-order valence-electron chi connectivity index (χ4n) is 2.79. The van der Waals surface area contributed by atoms with Crippen LogP contribution in [0.1, 0.15) is 5.56 Å². The van der Waals surface area contributed by atoms with Crippen LogP contribution in [0.3, 0.4) is 0 Å². The third-order valence-electron chi connectivity index (χ3n) is 4.38. The van der Waals surface area contributed by atoms with Crippen molar-refractivity contribution >= 4 is 5.91 Å². The molecule has 0 atom stereocenters. The van der Waals surface area contributed by atoms with Crippen LogP contribution in [0.25, 0.3) is 11.3 Å². The molecule has 8 heteroatoms. The summed E-state index contributed by atoms with van der Waals surface area (Å²) in [5.74, 6) is 1.96. The number of nitrogens with zero attached hydrogens (tertiary/aromatic N) is 2. The molecule has 3 aromatic rings. The van der Waals surface area contributed by atoms with E-state index in [1.54, 1.807) is 24.3 Å². The quantitative estimate of drug-likeness (QED) is 0.574. The second kappa shape index (κ2) is 9.13. The normalized spacial score (nSPS) is 11.8. The van der Waals surface area contributed by atoms with Gasteiger partial charge in [0.2, 0.25) is 12.7 Å². The summed E-state index contributed by atoms with van der Waals surface area (Å²) in [6.45, 7) is 2.72. The van der Waals surface area contributed by atoms with E-state index in [1.165, 1.54) is 5.56 Å². The summed E-state index contributed by atoms with van der Waals surface area (Å²) < 4.78 is 21.5. The topological polar surface area (TPSA) is 91.8 Å². The van der Waals surface area contributed by atoms with E-state index in [0.29, 0.717) is 29.7 Å². The minimum absolute atomic E-state index is 0.106. The first-order valence-corrected chi connectivity index (χ1v) is 9.50. The van der Waals surface area contributed by atoms with Gasteiger partial charge in [0.25, 0.3) is 5.91 Å². The van der Waals surface area contributed by atoms with Gasteiger partial charge in [-0.2, -0.15) is 0 Å². The molecular weight excluding hydrogens is 386 g/mol. The summed E-state index contributed by atoms with van der Waals surface area (Å²) in [6, 6.07) is 16.8. The number of fused-ring (bicyclic) bond motifs is 1. The van der Waals surface area contributed by atoms with Crippen molar-refractivity contribution in [2.45, 2.75) is 6.92 Å². The zero-order valence-electron chi connectivity index (χ0n) is 16.5. The van der Waals surface area contributed by atoms with Gasteiger partial charge in [-0.05, 0) is 25.1 Å². The number of rotatable bonds is 8. The number of hydrogen-bond donors (Lipinski definition) is 1. The van der Waals surface area contributed by atoms with Crippen LogP contribution in [-0.2, 0) is 4.79 Å². The molecule has 0 unspecified atom stereocenters. The largest absolute Gasteiger partial charge is 0.484 e. The van der Waals surface area contributed by atoms with Gasteiger partial charge < -0.3 is 24.3 Å². The Morgan fingerprint density at radius 1 is 1.00 bits per heavy atom. The van der Waals surface area contributed by atoms with Crippen molar-refractivity contribution in [2.75, 3.05) is 26.6 Å². The molecule has 1 aliphatic heterocycles. The highest BCUT2D eigenvalue weighted by Crippen LogP contribution is 2.35. The van der Waals surface area contributed by atoms with Crippen molar-refractivity contribution < 1.29 is 23.7 Å². The van der Waals surface area contributed by atoms with Gasteiger partial charge in [0.05, 0.1) is 12.2 Å². The van der Waals surface area contributed by atoms with Gasteiger partial charge in [0, 0.05) is 17.7 Å². The van der Waals surface area contributed by atoms with E-state index in [1.807, 2.05) is 37.3 Å². The molecule has 8 nitrogen and oxygen atoms in total. The van der Waals surface area contributed by atoms with Crippen LogP contribution in [0, 0.1) is 6.92 Å². The number of benzene rings is 2. The monoisotopic (exact) mass is 407 g/mol. The van der Waals surface area contributed by atoms with Gasteiger partial charge in [-0.3, -0.25) is 4.79 Å². The van der Waals surface area contributed by atoms with Gasteiger partial charge in [0.15, 0.2) is 18.1 Å². The molecule has 1 amide bonds. The van der Waals surface area contributed by atoms with Crippen molar-refractivity contribution in [1.29, 1.82) is 0 Å². The SMILES string of the molecule is Cc1ccc(-c2ccc(OCCNC(=O)COc3ccc4c(c3)OCO4)nn2)cc1. The highest BCUT2D eigenvalue weighted by molar-refractivity contribution is 5.77. The number of nitrogens with one attached hydrogen (secondary N) is 1. The zero-order valence-corrected chi connectivity index (χ0v) is 16.5. The second-order valence-electron chi connectivity index (χ2n) is 6.62. The van der Waals surface area contributed by atoms with E-state index in [0.717, 1.165) is 11.3 Å². The fraction of sp³-hybridized carbons (Fsp3) is 0.227. The number of carbonyl (C=O) groups excluding carboxylic acids is 1. The second-order valence-corrected chi connectivity index (χ2v) is 6.62. The number of aryl methyl sites for hydroxylation is 1. The first-order valence-electron chi connectivity index (χ1n) is 9.50. The molecule has 0 fully saturated rings. The molecule has 30 heavy (non-hydrogen) atoms. The number of aromatic nitrogens is 2. The van der Waals surface area contributed by atoms with Crippen LogP contribution in [0.15, 0.2) is 54.6 Å². The maximum absolute atomic E-state index is 11.9. The van der Waals surface area contributed by atoms with Crippen molar-refractivity contribution in [3.05, 3.63) is 60.2 Å². The maximum Gasteiger partial charge on any atom is 0.258 e. The summed E-state index contributed by atoms with van der Waals surface area (Å²) in [6.07, 6.45) is 0. The van der Waals surface area contributed by atoms with Crippen molar-refractivity contribution in [2.24, 2.45) is 0 Å². The molecule has 0 aliphatic carbocycles. The standard InChI is InChI=1S/C22H21N3O5/c1-15-2-4-16(5-3-15)18-7-9-22(25-24-18)27-11-10-23-21(26)13-28-17-6-8-19-20(12-17)30-14-29-19/h2-9,12H,10-11,13-14H2,1H3,(H,23,26). The minimum atomic E-state index is -0.253. The number of amides is 1. The molecule has 2 heterocycles. The Kier molecular flexibility index (Phi) is 5.93. The van der Waals surface area contributed by atoms with E-state index in [4.69, 9.17) is 18.9 Å². The molecule has 154 valence electrons. The van der Waals surface area contributed by atoms with E-state index in [2.05, 4.69) is 15.5 Å². The van der Waals surface area contributed by atoms with Crippen molar-refractivity contribution in [3.8, 4) is 34.4 Å². The zero-order chi connectivity index (χ0) is 20.8. The van der Waals surface area contributed by atoms with E-state index in [9.17, 15) is 4.79 Å². The Balaban J connectivity index is 1.16. The molecule has 0 bridgehead atoms. The van der Waals surface area contributed by atoms with Crippen molar-refractivity contribution in [1.82, 2.24) is 15.5 Å². The average Bonchev–Trinajstić information content (AvgIpc) is 3.24. The minimum Gasteiger partial charge on any atom is -0.484 e. The van der Waals surface area contributed by atoms with Crippen LogP contribution in [0.2, 0.25) is 0 Å². The predicted octanol–water partition coefficient (Wildman–Crippen LogP) is 2.75. The summed E-state index contributed by atoms with van der Waals surface area (Å²) in [4.78, 5) is 11.9. The smallest absolute Gasteiger partial charge is 0.258 e. The predicted molar refractivity (Wildman–Crippen MR) is 109 cm³/mol. The molecule has 0 spiro atoms. The van der Waals surface area contributed by atoms with E-state index >= 15 is 0 Å². The average molecular weight is 407 g/mol. The number of carbonyl (C=O) groups is 1. The lowest BCUT2D eigenvalue weighted by Gasteiger charge is -2.09. The lowest BCUT2D eigenvalue weighted by Crippen LogP contribution is -2.32. The fourth-order valence-corrected chi connectivity index (χ4v) is 2.79. The van der Waals surface area contributed by atoms with Gasteiger partial charge in [-0.1, -0.05) is 29.8 Å². The summed E-state index contributed by atoms with van der Waals surface area (Å²) in [7, 11) is 0. The van der Waals surface area contributed by atoms with Crippen LogP contribution in [0.5, 0.6) is 23.1 Å². The van der Waals surface area contributed by atoms with Gasteiger partial charge >= 0.3 is 0 Å². The van der Waals surface area contributed by atoms with E-state index < -0.39 is 0 Å². The van der Waals surface area contributed by atoms with Crippen LogP contribution >= 0.6 is 0 Å². The molecule has 1 N–H and O–H groups in total. The molecule has 2 aromatic carbocycles.